The maximum absolute atomic E-state index is 12.0. The van der Waals surface area contributed by atoms with E-state index in [0.29, 0.717) is 22.8 Å². The molecule has 0 N–H and O–H groups in total. The summed E-state index contributed by atoms with van der Waals surface area (Å²) in [6, 6.07) is 5.11. The molecule has 0 atom stereocenters. The lowest BCUT2D eigenvalue weighted by Crippen LogP contribution is -1.98. The van der Waals surface area contributed by atoms with Crippen molar-refractivity contribution in [1.29, 1.82) is 0 Å². The molecule has 0 saturated heterocycles. The Bertz CT molecular complexity index is 635. The maximum atomic E-state index is 12.0. The number of fused-ring (bicyclic) bond motifs is 1. The zero-order valence-electron chi connectivity index (χ0n) is 9.41. The van der Waals surface area contributed by atoms with E-state index < -0.39 is 0 Å². The highest BCUT2D eigenvalue weighted by Crippen LogP contribution is 2.34. The Kier molecular flexibility index (Phi) is 2.56. The van der Waals surface area contributed by atoms with Gasteiger partial charge in [0, 0.05) is 17.5 Å². The summed E-state index contributed by atoms with van der Waals surface area (Å²) in [7, 11) is 1.57. The standard InChI is InChI=1S/C12H8N2O3S/c1-16-8-2-3-9-10(5-8)17-11(12(9)15)4-7-6-18-14-13-7/h2-6H,1H3/b11-4-. The first-order valence-electron chi connectivity index (χ1n) is 5.17. The molecule has 0 saturated carbocycles. The zero-order chi connectivity index (χ0) is 12.5. The molecule has 18 heavy (non-hydrogen) atoms. The predicted molar refractivity (Wildman–Crippen MR) is 65.8 cm³/mol. The summed E-state index contributed by atoms with van der Waals surface area (Å²) in [5.74, 6) is 1.26. The molecule has 1 aromatic carbocycles. The SMILES string of the molecule is COc1ccc2c(c1)O/C(=C\c1csnn1)C2=O. The molecule has 2 heterocycles. The van der Waals surface area contributed by atoms with Crippen LogP contribution in [-0.2, 0) is 0 Å². The topological polar surface area (TPSA) is 61.3 Å². The van der Waals surface area contributed by atoms with Crippen molar-refractivity contribution in [3.8, 4) is 11.5 Å². The van der Waals surface area contributed by atoms with Crippen molar-refractivity contribution < 1.29 is 14.3 Å². The second-order valence-electron chi connectivity index (χ2n) is 3.63. The number of hydrogen-bond donors (Lipinski definition) is 0. The molecule has 0 unspecified atom stereocenters. The van der Waals surface area contributed by atoms with Gasteiger partial charge in [-0.3, -0.25) is 4.79 Å². The molecule has 0 bridgehead atoms. The number of hydrogen-bond acceptors (Lipinski definition) is 6. The lowest BCUT2D eigenvalue weighted by Gasteiger charge is -2.01. The molecule has 1 aliphatic rings. The van der Waals surface area contributed by atoms with Gasteiger partial charge < -0.3 is 9.47 Å². The fraction of sp³-hybridized carbons (Fsp3) is 0.0833. The Morgan fingerprint density at radius 1 is 1.44 bits per heavy atom. The zero-order valence-corrected chi connectivity index (χ0v) is 10.2. The van der Waals surface area contributed by atoms with E-state index in [1.165, 1.54) is 11.5 Å². The van der Waals surface area contributed by atoms with Crippen LogP contribution in [0.5, 0.6) is 11.5 Å². The van der Waals surface area contributed by atoms with Crippen molar-refractivity contribution in [2.45, 2.75) is 0 Å². The molecule has 1 aliphatic heterocycles. The van der Waals surface area contributed by atoms with E-state index in [9.17, 15) is 4.79 Å². The van der Waals surface area contributed by atoms with Gasteiger partial charge in [-0.15, -0.1) is 5.10 Å². The van der Waals surface area contributed by atoms with E-state index in [-0.39, 0.29) is 11.5 Å². The van der Waals surface area contributed by atoms with E-state index in [1.807, 2.05) is 0 Å². The van der Waals surface area contributed by atoms with Gasteiger partial charge in [0.15, 0.2) is 5.76 Å². The number of carbonyl (C=O) groups excluding carboxylic acids is 1. The fourth-order valence-electron chi connectivity index (χ4n) is 1.66. The lowest BCUT2D eigenvalue weighted by molar-refractivity contribution is 0.101. The monoisotopic (exact) mass is 260 g/mol. The number of ether oxygens (including phenoxy) is 2. The van der Waals surface area contributed by atoms with Crippen LogP contribution < -0.4 is 9.47 Å². The second kappa shape index (κ2) is 4.23. The lowest BCUT2D eigenvalue weighted by atomic mass is 10.1. The number of methoxy groups -OCH3 is 1. The molecule has 1 aromatic heterocycles. The minimum Gasteiger partial charge on any atom is -0.497 e. The highest BCUT2D eigenvalue weighted by molar-refractivity contribution is 7.03. The Morgan fingerprint density at radius 2 is 2.33 bits per heavy atom. The largest absolute Gasteiger partial charge is 0.497 e. The van der Waals surface area contributed by atoms with Crippen molar-refractivity contribution in [3.05, 3.63) is 40.6 Å². The maximum Gasteiger partial charge on any atom is 0.232 e. The molecule has 0 spiro atoms. The average Bonchev–Trinajstić information content (AvgIpc) is 2.99. The van der Waals surface area contributed by atoms with Gasteiger partial charge in [-0.1, -0.05) is 4.49 Å². The number of Topliss-reactive ketones (excluding diaryl/α,β-unsaturated/α-hetero) is 1. The second-order valence-corrected chi connectivity index (χ2v) is 4.24. The van der Waals surface area contributed by atoms with Crippen molar-refractivity contribution in [1.82, 2.24) is 9.59 Å². The minimum absolute atomic E-state index is 0.152. The summed E-state index contributed by atoms with van der Waals surface area (Å²) in [6.07, 6.45) is 1.58. The molecular formula is C12H8N2O3S. The van der Waals surface area contributed by atoms with Gasteiger partial charge in [0.2, 0.25) is 5.78 Å². The number of carbonyl (C=O) groups is 1. The number of ketones is 1. The number of allylic oxidation sites excluding steroid dienone is 1. The van der Waals surface area contributed by atoms with Gasteiger partial charge in [0.25, 0.3) is 0 Å². The fourth-order valence-corrected chi connectivity index (χ4v) is 2.08. The number of nitrogens with zero attached hydrogens (tertiary/aromatic N) is 2. The summed E-state index contributed by atoms with van der Waals surface area (Å²) in [5, 5.41) is 5.59. The number of benzene rings is 1. The molecule has 0 aliphatic carbocycles. The van der Waals surface area contributed by atoms with Crippen LogP contribution >= 0.6 is 11.5 Å². The third kappa shape index (κ3) is 1.76. The summed E-state index contributed by atoms with van der Waals surface area (Å²) in [5.41, 5.74) is 1.15. The molecule has 0 fully saturated rings. The molecule has 0 radical (unpaired) electrons. The molecule has 2 aromatic rings. The van der Waals surface area contributed by atoms with Gasteiger partial charge >= 0.3 is 0 Å². The normalized spacial score (nSPS) is 15.6. The first-order chi connectivity index (χ1) is 8.78. The van der Waals surface area contributed by atoms with Crippen LogP contribution in [0.25, 0.3) is 6.08 Å². The number of aromatic nitrogens is 2. The minimum atomic E-state index is -0.152. The van der Waals surface area contributed by atoms with Gasteiger partial charge in [0.05, 0.1) is 12.7 Å². The summed E-state index contributed by atoms with van der Waals surface area (Å²) >= 11 is 1.22. The van der Waals surface area contributed by atoms with Gasteiger partial charge in [-0.2, -0.15) is 0 Å². The van der Waals surface area contributed by atoms with Crippen LogP contribution in [0.1, 0.15) is 16.1 Å². The van der Waals surface area contributed by atoms with Crippen LogP contribution in [0.15, 0.2) is 29.3 Å². The number of rotatable bonds is 2. The molecule has 5 nitrogen and oxygen atoms in total. The van der Waals surface area contributed by atoms with E-state index in [0.717, 1.165) is 0 Å². The van der Waals surface area contributed by atoms with Gasteiger partial charge in [-0.25, -0.2) is 0 Å². The van der Waals surface area contributed by atoms with Crippen molar-refractivity contribution in [2.75, 3.05) is 7.11 Å². The van der Waals surface area contributed by atoms with Gasteiger partial charge in [-0.05, 0) is 23.7 Å². The predicted octanol–water partition coefficient (Wildman–Crippen LogP) is 2.16. The average molecular weight is 260 g/mol. The Hall–Kier alpha value is -2.21. The van der Waals surface area contributed by atoms with E-state index in [4.69, 9.17) is 9.47 Å². The van der Waals surface area contributed by atoms with Crippen LogP contribution in [0.2, 0.25) is 0 Å². The molecule has 3 rings (SSSR count). The summed E-state index contributed by atoms with van der Waals surface area (Å²) in [4.78, 5) is 12.0. The van der Waals surface area contributed by atoms with Crippen LogP contribution in [0, 0.1) is 0 Å². The van der Waals surface area contributed by atoms with Crippen LogP contribution in [-0.4, -0.2) is 22.5 Å². The Balaban J connectivity index is 1.98. The smallest absolute Gasteiger partial charge is 0.232 e. The third-order valence-electron chi connectivity index (χ3n) is 2.53. The van der Waals surface area contributed by atoms with Crippen molar-refractivity contribution >= 4 is 23.4 Å². The van der Waals surface area contributed by atoms with Crippen LogP contribution in [0.4, 0.5) is 0 Å². The summed E-state index contributed by atoms with van der Waals surface area (Å²) < 4.78 is 14.3. The molecule has 0 amide bonds. The van der Waals surface area contributed by atoms with E-state index >= 15 is 0 Å². The van der Waals surface area contributed by atoms with E-state index in [2.05, 4.69) is 9.59 Å². The Morgan fingerprint density at radius 3 is 3.06 bits per heavy atom. The Labute approximate surface area is 107 Å². The first-order valence-corrected chi connectivity index (χ1v) is 6.01. The summed E-state index contributed by atoms with van der Waals surface area (Å²) in [6.45, 7) is 0. The quantitative estimate of drug-likeness (QED) is 0.774. The van der Waals surface area contributed by atoms with Crippen LogP contribution in [0.3, 0.4) is 0 Å². The van der Waals surface area contributed by atoms with Gasteiger partial charge in [0.1, 0.15) is 17.2 Å². The molecule has 90 valence electrons. The van der Waals surface area contributed by atoms with Crippen molar-refractivity contribution in [2.24, 2.45) is 0 Å². The molecule has 6 heteroatoms. The van der Waals surface area contributed by atoms with E-state index in [1.54, 1.807) is 36.8 Å². The first kappa shape index (κ1) is 10.9. The highest BCUT2D eigenvalue weighted by Gasteiger charge is 2.27. The van der Waals surface area contributed by atoms with Crippen molar-refractivity contribution in [3.63, 3.8) is 0 Å². The third-order valence-corrected chi connectivity index (χ3v) is 3.06. The highest BCUT2D eigenvalue weighted by atomic mass is 32.1. The molecular weight excluding hydrogens is 252 g/mol.